The topological polar surface area (TPSA) is 50.2 Å². The second kappa shape index (κ2) is 13.8. The lowest BCUT2D eigenvalue weighted by Gasteiger charge is -2.27. The van der Waals surface area contributed by atoms with Crippen LogP contribution in [0.1, 0.15) is 22.9 Å². The maximum Gasteiger partial charge on any atom is 0.145 e. The standard InChI is InChI=1S/C48H34N4/c1-3-12-33(13-4-1)38-24-25-43-46(32-38)51-48(52-47(43)36-14-5-2-6-15-36)42-30-40(29-41(31-42)45-19-8-10-27-50-45)35-22-20-34(21-23-35)37-16-11-17-39(28-37)44-18-7-9-26-49-44/h1-32,48,51H. The Morgan fingerprint density at radius 2 is 0.885 bits per heavy atom. The molecule has 0 saturated heterocycles. The molecule has 1 aliphatic rings. The molecular formula is C48H34N4. The summed E-state index contributed by atoms with van der Waals surface area (Å²) in [5.74, 6) is 0. The number of nitrogens with one attached hydrogen (secondary N) is 1. The molecule has 0 fully saturated rings. The first-order valence-electron chi connectivity index (χ1n) is 17.5. The van der Waals surface area contributed by atoms with Gasteiger partial charge in [0.15, 0.2) is 0 Å². The monoisotopic (exact) mass is 666 g/mol. The number of hydrogen-bond acceptors (Lipinski definition) is 4. The Morgan fingerprint density at radius 1 is 0.365 bits per heavy atom. The van der Waals surface area contributed by atoms with E-state index in [1.165, 1.54) is 5.56 Å². The van der Waals surface area contributed by atoms with Gasteiger partial charge >= 0.3 is 0 Å². The minimum atomic E-state index is -0.315. The number of nitrogens with zero attached hydrogens (tertiary/aromatic N) is 3. The van der Waals surface area contributed by atoms with E-state index in [1.807, 2.05) is 48.8 Å². The van der Waals surface area contributed by atoms with Crippen molar-refractivity contribution < 1.29 is 0 Å². The van der Waals surface area contributed by atoms with Gasteiger partial charge in [-0.05, 0) is 93.5 Å². The molecule has 52 heavy (non-hydrogen) atoms. The van der Waals surface area contributed by atoms with Crippen LogP contribution >= 0.6 is 0 Å². The highest BCUT2D eigenvalue weighted by Crippen LogP contribution is 2.38. The molecule has 0 bridgehead atoms. The number of aromatic nitrogens is 2. The van der Waals surface area contributed by atoms with Gasteiger partial charge in [0.05, 0.1) is 17.1 Å². The normalized spacial score (nSPS) is 13.5. The van der Waals surface area contributed by atoms with Crippen molar-refractivity contribution in [1.29, 1.82) is 0 Å². The van der Waals surface area contributed by atoms with Crippen molar-refractivity contribution in [3.8, 4) is 55.9 Å². The molecule has 1 unspecified atom stereocenters. The molecule has 0 aliphatic carbocycles. The smallest absolute Gasteiger partial charge is 0.145 e. The van der Waals surface area contributed by atoms with Gasteiger partial charge in [-0.25, -0.2) is 0 Å². The number of fused-ring (bicyclic) bond motifs is 1. The van der Waals surface area contributed by atoms with Crippen molar-refractivity contribution in [2.45, 2.75) is 6.17 Å². The summed E-state index contributed by atoms with van der Waals surface area (Å²) in [7, 11) is 0. The van der Waals surface area contributed by atoms with E-state index in [1.54, 1.807) is 0 Å². The van der Waals surface area contributed by atoms with Gasteiger partial charge in [-0.1, -0.05) is 127 Å². The molecular weight excluding hydrogens is 633 g/mol. The van der Waals surface area contributed by atoms with Gasteiger partial charge < -0.3 is 5.32 Å². The van der Waals surface area contributed by atoms with Crippen molar-refractivity contribution in [2.75, 3.05) is 5.32 Å². The molecule has 9 rings (SSSR count). The summed E-state index contributed by atoms with van der Waals surface area (Å²) < 4.78 is 0. The highest BCUT2D eigenvalue weighted by atomic mass is 15.1. The summed E-state index contributed by atoms with van der Waals surface area (Å²) in [6.07, 6.45) is 3.37. The van der Waals surface area contributed by atoms with Gasteiger partial charge in [-0.2, -0.15) is 0 Å². The largest absolute Gasteiger partial charge is 0.359 e. The SMILES string of the molecule is c1ccc(C2=NC(c3cc(-c4ccc(-c5cccc(-c6ccccn6)c5)cc4)cc(-c4ccccn4)c3)Nc3cc(-c4ccccc4)ccc32)cc1. The molecule has 246 valence electrons. The van der Waals surface area contributed by atoms with E-state index in [0.29, 0.717) is 0 Å². The Bertz CT molecular complexity index is 2510. The van der Waals surface area contributed by atoms with Crippen LogP contribution in [0.15, 0.2) is 199 Å². The molecule has 3 heterocycles. The molecule has 1 aliphatic heterocycles. The number of benzene rings is 6. The van der Waals surface area contributed by atoms with E-state index in [-0.39, 0.29) is 6.17 Å². The maximum absolute atomic E-state index is 5.40. The van der Waals surface area contributed by atoms with E-state index in [4.69, 9.17) is 9.98 Å². The average Bonchev–Trinajstić information content (AvgIpc) is 3.24. The van der Waals surface area contributed by atoms with Crippen LogP contribution in [0.5, 0.6) is 0 Å². The number of pyridine rings is 2. The molecule has 6 aromatic carbocycles. The zero-order valence-electron chi connectivity index (χ0n) is 28.4. The summed E-state index contributed by atoms with van der Waals surface area (Å²) in [5.41, 5.74) is 16.2. The van der Waals surface area contributed by atoms with E-state index >= 15 is 0 Å². The van der Waals surface area contributed by atoms with Crippen molar-refractivity contribution >= 4 is 11.4 Å². The minimum absolute atomic E-state index is 0.315. The fourth-order valence-electron chi connectivity index (χ4n) is 6.95. The summed E-state index contributed by atoms with van der Waals surface area (Å²) >= 11 is 0. The molecule has 2 aromatic heterocycles. The summed E-state index contributed by atoms with van der Waals surface area (Å²) in [6.45, 7) is 0. The number of hydrogen-bond donors (Lipinski definition) is 1. The van der Waals surface area contributed by atoms with Crippen LogP contribution < -0.4 is 5.32 Å². The van der Waals surface area contributed by atoms with Crippen LogP contribution in [-0.4, -0.2) is 15.7 Å². The minimum Gasteiger partial charge on any atom is -0.359 e. The van der Waals surface area contributed by atoms with Crippen molar-refractivity contribution in [3.63, 3.8) is 0 Å². The van der Waals surface area contributed by atoms with Crippen LogP contribution in [0.3, 0.4) is 0 Å². The van der Waals surface area contributed by atoms with E-state index in [9.17, 15) is 0 Å². The van der Waals surface area contributed by atoms with Crippen LogP contribution in [0.4, 0.5) is 5.69 Å². The fourth-order valence-corrected chi connectivity index (χ4v) is 6.95. The van der Waals surface area contributed by atoms with E-state index < -0.39 is 0 Å². The van der Waals surface area contributed by atoms with Crippen LogP contribution in [0, 0.1) is 0 Å². The molecule has 1 N–H and O–H groups in total. The predicted molar refractivity (Wildman–Crippen MR) is 214 cm³/mol. The first kappa shape index (κ1) is 31.1. The third kappa shape index (κ3) is 6.30. The lowest BCUT2D eigenvalue weighted by atomic mass is 9.92. The third-order valence-electron chi connectivity index (χ3n) is 9.59. The zero-order valence-corrected chi connectivity index (χ0v) is 28.4. The van der Waals surface area contributed by atoms with Gasteiger partial charge in [0, 0.05) is 40.3 Å². The van der Waals surface area contributed by atoms with Gasteiger partial charge in [-0.15, -0.1) is 0 Å². The predicted octanol–water partition coefficient (Wildman–Crippen LogP) is 11.8. The highest BCUT2D eigenvalue weighted by molar-refractivity contribution is 6.17. The Hall–Kier alpha value is -6.91. The zero-order chi connectivity index (χ0) is 34.7. The van der Waals surface area contributed by atoms with Crippen LogP contribution in [0.2, 0.25) is 0 Å². The molecule has 0 radical (unpaired) electrons. The van der Waals surface area contributed by atoms with Crippen molar-refractivity contribution in [1.82, 2.24) is 9.97 Å². The van der Waals surface area contributed by atoms with Crippen molar-refractivity contribution in [3.05, 3.63) is 211 Å². The maximum atomic E-state index is 5.40. The molecule has 0 amide bonds. The molecule has 4 nitrogen and oxygen atoms in total. The van der Waals surface area contributed by atoms with Crippen LogP contribution in [-0.2, 0) is 0 Å². The van der Waals surface area contributed by atoms with Gasteiger partial charge in [0.25, 0.3) is 0 Å². The Balaban J connectivity index is 1.13. The molecule has 8 aromatic rings. The number of anilines is 1. The van der Waals surface area contributed by atoms with Gasteiger partial charge in [0.1, 0.15) is 6.17 Å². The van der Waals surface area contributed by atoms with E-state index in [0.717, 1.165) is 78.4 Å². The quantitative estimate of drug-likeness (QED) is 0.184. The highest BCUT2D eigenvalue weighted by Gasteiger charge is 2.24. The van der Waals surface area contributed by atoms with Gasteiger partial charge in [-0.3, -0.25) is 15.0 Å². The third-order valence-corrected chi connectivity index (χ3v) is 9.59. The van der Waals surface area contributed by atoms with Crippen LogP contribution in [0.25, 0.3) is 55.9 Å². The lowest BCUT2D eigenvalue weighted by Crippen LogP contribution is -2.21. The summed E-state index contributed by atoms with van der Waals surface area (Å²) in [5, 5.41) is 3.82. The molecule has 4 heteroatoms. The second-order valence-corrected chi connectivity index (χ2v) is 12.9. The molecule has 1 atom stereocenters. The summed E-state index contributed by atoms with van der Waals surface area (Å²) in [4.78, 5) is 14.7. The first-order valence-corrected chi connectivity index (χ1v) is 17.5. The Labute approximate surface area is 303 Å². The van der Waals surface area contributed by atoms with Gasteiger partial charge in [0.2, 0.25) is 0 Å². The first-order chi connectivity index (χ1) is 25.7. The second-order valence-electron chi connectivity index (χ2n) is 12.9. The van der Waals surface area contributed by atoms with E-state index in [2.05, 4.69) is 156 Å². The molecule has 0 spiro atoms. The number of rotatable bonds is 7. The fraction of sp³-hybridized carbons (Fsp3) is 0.0208. The summed E-state index contributed by atoms with van der Waals surface area (Å²) in [6, 6.07) is 63.8. The Kier molecular flexibility index (Phi) is 8.24. The lowest BCUT2D eigenvalue weighted by molar-refractivity contribution is 0.829. The number of aliphatic imine (C=N–C) groups is 1. The molecule has 0 saturated carbocycles. The average molecular weight is 667 g/mol. The van der Waals surface area contributed by atoms with Crippen molar-refractivity contribution in [2.24, 2.45) is 4.99 Å². The Morgan fingerprint density at radius 3 is 1.58 bits per heavy atom.